The molecule has 3 rings (SSSR count). The summed E-state index contributed by atoms with van der Waals surface area (Å²) in [6.07, 6.45) is 1.35. The molecule has 0 spiro atoms. The summed E-state index contributed by atoms with van der Waals surface area (Å²) in [4.78, 5) is 10.1. The Hall–Kier alpha value is -2.03. The highest BCUT2D eigenvalue weighted by Crippen LogP contribution is 2.35. The van der Waals surface area contributed by atoms with Gasteiger partial charge in [0, 0.05) is 25.5 Å². The summed E-state index contributed by atoms with van der Waals surface area (Å²) in [5.74, 6) is 4.82. The molecular weight excluding hydrogens is 285 g/mol. The van der Waals surface area contributed by atoms with Crippen LogP contribution in [0.5, 0.6) is 0 Å². The van der Waals surface area contributed by atoms with Gasteiger partial charge in [-0.1, -0.05) is 0 Å². The normalized spacial score (nSPS) is 20.0. The summed E-state index contributed by atoms with van der Waals surface area (Å²) in [6.45, 7) is 0.420. The Balaban J connectivity index is 1.97. The number of anilines is 2. The largest absolute Gasteiger partial charge is 0.393 e. The van der Waals surface area contributed by atoms with E-state index in [1.807, 2.05) is 0 Å². The molecule has 1 aliphatic heterocycles. The van der Waals surface area contributed by atoms with Crippen molar-refractivity contribution in [3.63, 3.8) is 0 Å². The quantitative estimate of drug-likeness (QED) is 0.653. The minimum Gasteiger partial charge on any atom is -0.353 e. The lowest BCUT2D eigenvalue weighted by atomic mass is 9.97. The maximum Gasteiger partial charge on any atom is 0.393 e. The molecule has 6 nitrogen and oxygen atoms in total. The number of nitrogen functional groups attached to an aromatic ring is 1. The molecule has 114 valence electrons. The van der Waals surface area contributed by atoms with E-state index in [1.165, 1.54) is 0 Å². The Kier molecular flexibility index (Phi) is 3.36. The molecule has 0 radical (unpaired) electrons. The molecule has 0 aromatic carbocycles. The van der Waals surface area contributed by atoms with E-state index in [0.29, 0.717) is 30.2 Å². The molecule has 1 fully saturated rings. The van der Waals surface area contributed by atoms with Gasteiger partial charge in [0.2, 0.25) is 0 Å². The fraction of sp³-hybridized carbons (Fsp3) is 0.500. The van der Waals surface area contributed by atoms with Crippen molar-refractivity contribution in [3.8, 4) is 0 Å². The minimum absolute atomic E-state index is 0.104. The summed E-state index contributed by atoms with van der Waals surface area (Å²) < 4.78 is 40.5. The number of hydrogen-bond donors (Lipinski definition) is 2. The van der Waals surface area contributed by atoms with Gasteiger partial charge in [0.1, 0.15) is 0 Å². The van der Waals surface area contributed by atoms with Gasteiger partial charge in [0.05, 0.1) is 12.1 Å². The summed E-state index contributed by atoms with van der Waals surface area (Å²) >= 11 is 0. The second-order valence-electron chi connectivity index (χ2n) is 5.08. The number of imidazole rings is 1. The van der Waals surface area contributed by atoms with Crippen LogP contribution < -0.4 is 16.2 Å². The molecule has 1 unspecified atom stereocenters. The van der Waals surface area contributed by atoms with Crippen LogP contribution in [0, 0.1) is 5.92 Å². The number of alkyl halides is 3. The average molecular weight is 300 g/mol. The highest BCUT2D eigenvalue weighted by Gasteiger charge is 2.42. The van der Waals surface area contributed by atoms with Gasteiger partial charge in [-0.05, 0) is 12.8 Å². The molecule has 0 amide bonds. The molecule has 2 aromatic heterocycles. The first-order valence-corrected chi connectivity index (χ1v) is 6.61. The van der Waals surface area contributed by atoms with Crippen molar-refractivity contribution in [2.45, 2.75) is 19.0 Å². The van der Waals surface area contributed by atoms with Crippen molar-refractivity contribution in [1.29, 1.82) is 0 Å². The van der Waals surface area contributed by atoms with Crippen molar-refractivity contribution >= 4 is 17.3 Å². The highest BCUT2D eigenvalue weighted by atomic mass is 19.4. The Morgan fingerprint density at radius 1 is 1.38 bits per heavy atom. The number of hydrazine groups is 1. The van der Waals surface area contributed by atoms with Crippen molar-refractivity contribution in [2.24, 2.45) is 11.8 Å². The van der Waals surface area contributed by atoms with Gasteiger partial charge < -0.3 is 14.7 Å². The topological polar surface area (TPSA) is 71.5 Å². The molecule has 1 aliphatic rings. The number of nitrogens with two attached hydrogens (primary N) is 1. The van der Waals surface area contributed by atoms with Crippen LogP contribution >= 0.6 is 0 Å². The predicted octanol–water partition coefficient (Wildman–Crippen LogP) is 1.79. The monoisotopic (exact) mass is 300 g/mol. The van der Waals surface area contributed by atoms with Crippen LogP contribution in [-0.2, 0) is 0 Å². The number of fused-ring (bicyclic) bond motifs is 1. The maximum absolute atomic E-state index is 12.9. The second-order valence-corrected chi connectivity index (χ2v) is 5.08. The third kappa shape index (κ3) is 2.60. The minimum atomic E-state index is -4.19. The van der Waals surface area contributed by atoms with E-state index in [4.69, 9.17) is 5.84 Å². The Labute approximate surface area is 118 Å². The fourth-order valence-corrected chi connectivity index (χ4v) is 2.63. The van der Waals surface area contributed by atoms with Crippen LogP contribution in [0.15, 0.2) is 18.6 Å². The molecule has 0 bridgehead atoms. The third-order valence-corrected chi connectivity index (χ3v) is 3.69. The van der Waals surface area contributed by atoms with Crippen molar-refractivity contribution in [2.75, 3.05) is 23.4 Å². The van der Waals surface area contributed by atoms with Crippen LogP contribution in [0.25, 0.3) is 5.65 Å². The Morgan fingerprint density at radius 3 is 2.90 bits per heavy atom. The number of nitrogens with zero attached hydrogens (tertiary/aromatic N) is 4. The number of halogens is 3. The van der Waals surface area contributed by atoms with Crippen molar-refractivity contribution in [1.82, 2.24) is 14.4 Å². The highest BCUT2D eigenvalue weighted by molar-refractivity contribution is 5.66. The predicted molar refractivity (Wildman–Crippen MR) is 71.8 cm³/mol. The van der Waals surface area contributed by atoms with Gasteiger partial charge in [0.15, 0.2) is 17.3 Å². The van der Waals surface area contributed by atoms with Crippen molar-refractivity contribution < 1.29 is 13.2 Å². The van der Waals surface area contributed by atoms with Gasteiger partial charge >= 0.3 is 6.18 Å². The number of piperidine rings is 1. The first-order valence-electron chi connectivity index (χ1n) is 6.61. The van der Waals surface area contributed by atoms with E-state index >= 15 is 0 Å². The maximum atomic E-state index is 12.9. The lowest BCUT2D eigenvalue weighted by molar-refractivity contribution is -0.176. The number of hydrogen-bond acceptors (Lipinski definition) is 5. The zero-order valence-electron chi connectivity index (χ0n) is 11.1. The third-order valence-electron chi connectivity index (χ3n) is 3.69. The van der Waals surface area contributed by atoms with Gasteiger partial charge in [-0.25, -0.2) is 15.8 Å². The summed E-state index contributed by atoms with van der Waals surface area (Å²) in [7, 11) is 0. The van der Waals surface area contributed by atoms with E-state index in [1.54, 1.807) is 27.9 Å². The van der Waals surface area contributed by atoms with Gasteiger partial charge in [-0.2, -0.15) is 13.2 Å². The Morgan fingerprint density at radius 2 is 2.19 bits per heavy atom. The number of aromatic nitrogens is 3. The molecule has 9 heteroatoms. The Bertz CT molecular complexity index is 637. The van der Waals surface area contributed by atoms with Gasteiger partial charge in [0.25, 0.3) is 0 Å². The molecule has 3 N–H and O–H groups in total. The van der Waals surface area contributed by atoms with Crippen LogP contribution in [0.1, 0.15) is 12.8 Å². The molecule has 1 saturated heterocycles. The first kappa shape index (κ1) is 13.9. The van der Waals surface area contributed by atoms with Gasteiger partial charge in [-0.15, -0.1) is 0 Å². The summed E-state index contributed by atoms with van der Waals surface area (Å²) in [6, 6.07) is 0. The molecule has 21 heavy (non-hydrogen) atoms. The lowest BCUT2D eigenvalue weighted by Crippen LogP contribution is -2.42. The van der Waals surface area contributed by atoms with E-state index < -0.39 is 12.1 Å². The molecule has 0 aliphatic carbocycles. The average Bonchev–Trinajstić information content (AvgIpc) is 2.93. The van der Waals surface area contributed by atoms with Crippen LogP contribution in [0.4, 0.5) is 24.8 Å². The molecule has 1 atom stereocenters. The SMILES string of the molecule is NNc1cn2ccnc2c(N2CCCC(C(F)(F)F)C2)n1. The number of nitrogens with one attached hydrogen (secondary N) is 1. The van der Waals surface area contributed by atoms with Crippen LogP contribution in [0.3, 0.4) is 0 Å². The molecule has 0 saturated carbocycles. The standard InChI is InChI=1S/C12H15F3N6/c13-12(14,15)8-2-1-4-20(6-8)11-10-17-3-5-21(10)7-9(18-11)19-16/h3,5,7-8,19H,1-2,4,6,16H2. The molecule has 3 heterocycles. The zero-order valence-corrected chi connectivity index (χ0v) is 11.1. The lowest BCUT2D eigenvalue weighted by Gasteiger charge is -2.34. The zero-order chi connectivity index (χ0) is 15.0. The van der Waals surface area contributed by atoms with E-state index in [-0.39, 0.29) is 13.0 Å². The molecular formula is C12H15F3N6. The number of rotatable bonds is 2. The van der Waals surface area contributed by atoms with Crippen molar-refractivity contribution in [3.05, 3.63) is 18.6 Å². The fourth-order valence-electron chi connectivity index (χ4n) is 2.63. The van der Waals surface area contributed by atoms with E-state index in [9.17, 15) is 13.2 Å². The summed E-state index contributed by atoms with van der Waals surface area (Å²) in [5, 5.41) is 0. The smallest absolute Gasteiger partial charge is 0.353 e. The first-order chi connectivity index (χ1) is 9.99. The van der Waals surface area contributed by atoms with Gasteiger partial charge in [-0.3, -0.25) is 0 Å². The van der Waals surface area contributed by atoms with Crippen LogP contribution in [-0.4, -0.2) is 33.6 Å². The second kappa shape index (κ2) is 5.06. The summed E-state index contributed by atoms with van der Waals surface area (Å²) in [5.41, 5.74) is 2.95. The van der Waals surface area contributed by atoms with E-state index in [0.717, 1.165) is 0 Å². The van der Waals surface area contributed by atoms with Crippen LogP contribution in [0.2, 0.25) is 0 Å². The molecule has 2 aromatic rings. The van der Waals surface area contributed by atoms with E-state index in [2.05, 4.69) is 15.4 Å².